The molecule has 1 fully saturated rings. The Hall–Kier alpha value is -1.29. The first kappa shape index (κ1) is 10.2. The zero-order valence-electron chi connectivity index (χ0n) is 8.50. The SMILES string of the molecule is Nc1ccc(F)cc1OC1CCNCC1. The lowest BCUT2D eigenvalue weighted by atomic mass is 10.1. The molecule has 3 N–H and O–H groups in total. The minimum Gasteiger partial charge on any atom is -0.488 e. The number of hydrogen-bond donors (Lipinski definition) is 2. The van der Waals surface area contributed by atoms with Crippen LogP contribution in [0.2, 0.25) is 0 Å². The van der Waals surface area contributed by atoms with Gasteiger partial charge < -0.3 is 15.8 Å². The smallest absolute Gasteiger partial charge is 0.145 e. The van der Waals surface area contributed by atoms with Crippen LogP contribution in [0, 0.1) is 5.82 Å². The quantitative estimate of drug-likeness (QED) is 0.728. The van der Waals surface area contributed by atoms with Gasteiger partial charge in [-0.2, -0.15) is 0 Å². The number of piperidine rings is 1. The zero-order valence-corrected chi connectivity index (χ0v) is 8.50. The van der Waals surface area contributed by atoms with Crippen molar-refractivity contribution < 1.29 is 9.13 Å². The highest BCUT2D eigenvalue weighted by Gasteiger charge is 2.15. The molecule has 0 radical (unpaired) electrons. The first-order valence-corrected chi connectivity index (χ1v) is 5.18. The van der Waals surface area contributed by atoms with Gasteiger partial charge in [-0.05, 0) is 38.1 Å². The van der Waals surface area contributed by atoms with E-state index in [2.05, 4.69) is 5.32 Å². The van der Waals surface area contributed by atoms with Crippen LogP contribution in [0.5, 0.6) is 5.75 Å². The molecular weight excluding hydrogens is 195 g/mol. The highest BCUT2D eigenvalue weighted by Crippen LogP contribution is 2.24. The van der Waals surface area contributed by atoms with Crippen LogP contribution in [-0.4, -0.2) is 19.2 Å². The summed E-state index contributed by atoms with van der Waals surface area (Å²) < 4.78 is 18.6. The van der Waals surface area contributed by atoms with Gasteiger partial charge in [-0.1, -0.05) is 0 Å². The molecule has 0 amide bonds. The number of nitrogens with two attached hydrogens (primary N) is 1. The summed E-state index contributed by atoms with van der Waals surface area (Å²) in [4.78, 5) is 0. The largest absolute Gasteiger partial charge is 0.488 e. The van der Waals surface area contributed by atoms with Gasteiger partial charge in [0.25, 0.3) is 0 Å². The van der Waals surface area contributed by atoms with Crippen LogP contribution in [-0.2, 0) is 0 Å². The number of anilines is 1. The lowest BCUT2D eigenvalue weighted by molar-refractivity contribution is 0.163. The van der Waals surface area contributed by atoms with E-state index in [1.165, 1.54) is 18.2 Å². The molecule has 1 heterocycles. The first-order chi connectivity index (χ1) is 7.25. The average Bonchev–Trinajstić information content (AvgIpc) is 2.25. The third-order valence-corrected chi connectivity index (χ3v) is 2.56. The predicted molar refractivity (Wildman–Crippen MR) is 57.3 cm³/mol. The van der Waals surface area contributed by atoms with Crippen molar-refractivity contribution in [2.45, 2.75) is 18.9 Å². The second-order valence-electron chi connectivity index (χ2n) is 3.75. The molecule has 82 valence electrons. The molecule has 4 heteroatoms. The van der Waals surface area contributed by atoms with Gasteiger partial charge in [0.2, 0.25) is 0 Å². The van der Waals surface area contributed by atoms with Crippen LogP contribution < -0.4 is 15.8 Å². The molecule has 2 rings (SSSR count). The molecule has 1 aliphatic rings. The number of nitrogens with one attached hydrogen (secondary N) is 1. The maximum absolute atomic E-state index is 13.0. The minimum atomic E-state index is -0.312. The average molecular weight is 210 g/mol. The van der Waals surface area contributed by atoms with Gasteiger partial charge in [-0.15, -0.1) is 0 Å². The number of ether oxygens (including phenoxy) is 1. The summed E-state index contributed by atoms with van der Waals surface area (Å²) in [5, 5.41) is 3.24. The third kappa shape index (κ3) is 2.59. The Morgan fingerprint density at radius 1 is 1.33 bits per heavy atom. The minimum absolute atomic E-state index is 0.148. The van der Waals surface area contributed by atoms with Crippen molar-refractivity contribution in [3.05, 3.63) is 24.0 Å². The zero-order chi connectivity index (χ0) is 10.7. The van der Waals surface area contributed by atoms with Crippen LogP contribution >= 0.6 is 0 Å². The Morgan fingerprint density at radius 3 is 2.80 bits per heavy atom. The van der Waals surface area contributed by atoms with Gasteiger partial charge in [-0.25, -0.2) is 4.39 Å². The highest BCUT2D eigenvalue weighted by atomic mass is 19.1. The van der Waals surface area contributed by atoms with Gasteiger partial charge in [0.15, 0.2) is 0 Å². The van der Waals surface area contributed by atoms with E-state index in [1.54, 1.807) is 0 Å². The summed E-state index contributed by atoms with van der Waals surface area (Å²) >= 11 is 0. The molecule has 1 saturated heterocycles. The number of hydrogen-bond acceptors (Lipinski definition) is 3. The molecule has 1 aliphatic heterocycles. The van der Waals surface area contributed by atoms with Crippen LogP contribution in [0.4, 0.5) is 10.1 Å². The van der Waals surface area contributed by atoms with Crippen molar-refractivity contribution in [1.82, 2.24) is 5.32 Å². The van der Waals surface area contributed by atoms with E-state index in [0.29, 0.717) is 11.4 Å². The summed E-state index contributed by atoms with van der Waals surface area (Å²) in [6, 6.07) is 4.22. The second-order valence-corrected chi connectivity index (χ2v) is 3.75. The van der Waals surface area contributed by atoms with Gasteiger partial charge in [-0.3, -0.25) is 0 Å². The van der Waals surface area contributed by atoms with Gasteiger partial charge >= 0.3 is 0 Å². The molecule has 0 unspecified atom stereocenters. The number of rotatable bonds is 2. The predicted octanol–water partition coefficient (Wildman–Crippen LogP) is 1.54. The maximum atomic E-state index is 13.0. The maximum Gasteiger partial charge on any atom is 0.145 e. The fourth-order valence-corrected chi connectivity index (χ4v) is 1.70. The highest BCUT2D eigenvalue weighted by molar-refractivity contribution is 5.52. The molecule has 0 atom stereocenters. The standard InChI is InChI=1S/C11H15FN2O/c12-8-1-2-10(13)11(7-8)15-9-3-5-14-6-4-9/h1-2,7,9,14H,3-6,13H2. The summed E-state index contributed by atoms with van der Waals surface area (Å²) in [6.07, 6.45) is 2.03. The Labute approximate surface area is 88.4 Å². The summed E-state index contributed by atoms with van der Waals surface area (Å²) in [6.45, 7) is 1.89. The third-order valence-electron chi connectivity index (χ3n) is 2.56. The van der Waals surface area contributed by atoms with E-state index in [4.69, 9.17) is 10.5 Å². The van der Waals surface area contributed by atoms with E-state index < -0.39 is 0 Å². The van der Waals surface area contributed by atoms with Crippen molar-refractivity contribution in [3.8, 4) is 5.75 Å². The van der Waals surface area contributed by atoms with Crippen molar-refractivity contribution in [1.29, 1.82) is 0 Å². The summed E-state index contributed by atoms with van der Waals surface area (Å²) in [7, 11) is 0. The topological polar surface area (TPSA) is 47.3 Å². The van der Waals surface area contributed by atoms with E-state index in [9.17, 15) is 4.39 Å². The molecule has 0 spiro atoms. The Balaban J connectivity index is 2.05. The monoisotopic (exact) mass is 210 g/mol. The Bertz CT molecular complexity index is 337. The van der Waals surface area contributed by atoms with Crippen LogP contribution in [0.3, 0.4) is 0 Å². The van der Waals surface area contributed by atoms with Gasteiger partial charge in [0.05, 0.1) is 5.69 Å². The van der Waals surface area contributed by atoms with Crippen LogP contribution in [0.1, 0.15) is 12.8 Å². The molecule has 1 aromatic carbocycles. The number of benzene rings is 1. The number of nitrogen functional groups attached to an aromatic ring is 1. The molecule has 1 aromatic rings. The molecule has 0 saturated carbocycles. The van der Waals surface area contributed by atoms with Crippen molar-refractivity contribution in [2.24, 2.45) is 0 Å². The van der Waals surface area contributed by atoms with Gasteiger partial charge in [0, 0.05) is 6.07 Å². The Morgan fingerprint density at radius 2 is 2.07 bits per heavy atom. The van der Waals surface area contributed by atoms with Crippen LogP contribution in [0.15, 0.2) is 18.2 Å². The fraction of sp³-hybridized carbons (Fsp3) is 0.455. The molecule has 0 bridgehead atoms. The summed E-state index contributed by atoms with van der Waals surface area (Å²) in [5.41, 5.74) is 6.19. The lowest BCUT2D eigenvalue weighted by Gasteiger charge is -2.24. The fourth-order valence-electron chi connectivity index (χ4n) is 1.70. The second kappa shape index (κ2) is 4.49. The Kier molecular flexibility index (Phi) is 3.06. The van der Waals surface area contributed by atoms with Crippen molar-refractivity contribution in [2.75, 3.05) is 18.8 Å². The van der Waals surface area contributed by atoms with E-state index in [-0.39, 0.29) is 11.9 Å². The normalized spacial score (nSPS) is 17.7. The molecular formula is C11H15FN2O. The first-order valence-electron chi connectivity index (χ1n) is 5.18. The molecule has 0 aromatic heterocycles. The van der Waals surface area contributed by atoms with E-state index >= 15 is 0 Å². The van der Waals surface area contributed by atoms with Crippen molar-refractivity contribution in [3.63, 3.8) is 0 Å². The van der Waals surface area contributed by atoms with Crippen molar-refractivity contribution >= 4 is 5.69 Å². The van der Waals surface area contributed by atoms with E-state index in [0.717, 1.165) is 25.9 Å². The van der Waals surface area contributed by atoms with Gasteiger partial charge in [0.1, 0.15) is 17.7 Å². The number of halogens is 1. The molecule has 3 nitrogen and oxygen atoms in total. The van der Waals surface area contributed by atoms with E-state index in [1.807, 2.05) is 0 Å². The van der Waals surface area contributed by atoms with Crippen LogP contribution in [0.25, 0.3) is 0 Å². The summed E-state index contributed by atoms with van der Waals surface area (Å²) in [5.74, 6) is 0.148. The molecule has 15 heavy (non-hydrogen) atoms. The lowest BCUT2D eigenvalue weighted by Crippen LogP contribution is -2.34. The molecule has 0 aliphatic carbocycles.